The molecule has 4 heteroatoms. The van der Waals surface area contributed by atoms with Gasteiger partial charge in [0.15, 0.2) is 0 Å². The van der Waals surface area contributed by atoms with Crippen LogP contribution < -0.4 is 11.1 Å². The van der Waals surface area contributed by atoms with E-state index in [1.807, 2.05) is 0 Å². The van der Waals surface area contributed by atoms with Crippen molar-refractivity contribution in [2.75, 3.05) is 19.6 Å². The van der Waals surface area contributed by atoms with Gasteiger partial charge in [-0.1, -0.05) is 32.6 Å². The largest absolute Gasteiger partial charge is 0.352 e. The molecule has 1 saturated heterocycles. The maximum Gasteiger partial charge on any atom is 0.234 e. The molecule has 18 heavy (non-hydrogen) atoms. The van der Waals surface area contributed by atoms with Gasteiger partial charge in [-0.05, 0) is 19.3 Å². The molecule has 1 aliphatic heterocycles. The van der Waals surface area contributed by atoms with Crippen molar-refractivity contribution in [3.05, 3.63) is 0 Å². The Morgan fingerprint density at radius 3 is 2.61 bits per heavy atom. The van der Waals surface area contributed by atoms with Gasteiger partial charge >= 0.3 is 0 Å². The molecule has 1 amide bonds. The lowest BCUT2D eigenvalue weighted by molar-refractivity contribution is -0.125. The molecular formula is C14H27N3O. The number of nitrogens with two attached hydrogens (primary N) is 1. The lowest BCUT2D eigenvalue weighted by Crippen LogP contribution is -2.68. The molecule has 2 rings (SSSR count). The molecule has 0 atom stereocenters. The Kier molecular flexibility index (Phi) is 4.62. The molecule has 3 N–H and O–H groups in total. The van der Waals surface area contributed by atoms with Crippen LogP contribution in [-0.4, -0.2) is 42.0 Å². The Labute approximate surface area is 110 Å². The molecule has 104 valence electrons. The summed E-state index contributed by atoms with van der Waals surface area (Å²) in [6, 6.07) is 0.422. The zero-order chi connectivity index (χ0) is 13.0. The molecule has 1 aliphatic carbocycles. The maximum atomic E-state index is 11.9. The molecule has 0 bridgehead atoms. The van der Waals surface area contributed by atoms with Crippen LogP contribution in [0.2, 0.25) is 0 Å². The molecule has 0 aromatic rings. The van der Waals surface area contributed by atoms with Gasteiger partial charge in [-0.2, -0.15) is 0 Å². The molecule has 1 heterocycles. The zero-order valence-corrected chi connectivity index (χ0v) is 11.6. The summed E-state index contributed by atoms with van der Waals surface area (Å²) in [5.41, 5.74) is 6.16. The normalized spacial score (nSPS) is 24.6. The third kappa shape index (κ3) is 3.69. The molecule has 0 aromatic heterocycles. The molecule has 1 saturated carbocycles. The lowest BCUT2D eigenvalue weighted by Gasteiger charge is -2.47. The van der Waals surface area contributed by atoms with Gasteiger partial charge in [0.1, 0.15) is 0 Å². The molecule has 0 spiro atoms. The first-order valence-corrected chi connectivity index (χ1v) is 7.42. The quantitative estimate of drug-likeness (QED) is 0.775. The first kappa shape index (κ1) is 13.8. The highest BCUT2D eigenvalue weighted by atomic mass is 16.2. The van der Waals surface area contributed by atoms with Crippen molar-refractivity contribution in [3.8, 4) is 0 Å². The molecular weight excluding hydrogens is 226 g/mol. The van der Waals surface area contributed by atoms with E-state index in [2.05, 4.69) is 17.1 Å². The van der Waals surface area contributed by atoms with Crippen molar-refractivity contribution in [2.24, 2.45) is 5.73 Å². The van der Waals surface area contributed by atoms with Gasteiger partial charge < -0.3 is 11.1 Å². The van der Waals surface area contributed by atoms with Crippen LogP contribution >= 0.6 is 0 Å². The summed E-state index contributed by atoms with van der Waals surface area (Å²) in [5, 5.41) is 3.16. The summed E-state index contributed by atoms with van der Waals surface area (Å²) in [4.78, 5) is 14.1. The lowest BCUT2D eigenvalue weighted by atomic mass is 9.86. The maximum absolute atomic E-state index is 11.9. The average molecular weight is 253 g/mol. The smallest absolute Gasteiger partial charge is 0.234 e. The SMILES string of the molecule is CCCC1(N)CN(CC(=O)NC2CCCCC2)C1. The van der Waals surface area contributed by atoms with Crippen molar-refractivity contribution < 1.29 is 4.79 Å². The van der Waals surface area contributed by atoms with Gasteiger partial charge in [-0.3, -0.25) is 9.69 Å². The fourth-order valence-corrected chi connectivity index (χ4v) is 3.34. The van der Waals surface area contributed by atoms with E-state index in [0.717, 1.165) is 38.8 Å². The van der Waals surface area contributed by atoms with E-state index in [9.17, 15) is 4.79 Å². The van der Waals surface area contributed by atoms with Crippen LogP contribution in [0.15, 0.2) is 0 Å². The van der Waals surface area contributed by atoms with E-state index >= 15 is 0 Å². The highest BCUT2D eigenvalue weighted by molar-refractivity contribution is 5.78. The number of nitrogens with one attached hydrogen (secondary N) is 1. The van der Waals surface area contributed by atoms with Gasteiger partial charge in [0.2, 0.25) is 5.91 Å². The van der Waals surface area contributed by atoms with E-state index < -0.39 is 0 Å². The Bertz CT molecular complexity index is 281. The first-order valence-electron chi connectivity index (χ1n) is 7.42. The van der Waals surface area contributed by atoms with Crippen molar-refractivity contribution in [2.45, 2.75) is 63.5 Å². The van der Waals surface area contributed by atoms with Crippen LogP contribution in [0.5, 0.6) is 0 Å². The van der Waals surface area contributed by atoms with E-state index in [0.29, 0.717) is 12.6 Å². The number of carbonyl (C=O) groups excluding carboxylic acids is 1. The first-order chi connectivity index (χ1) is 8.61. The van der Waals surface area contributed by atoms with Gasteiger partial charge in [0.25, 0.3) is 0 Å². The molecule has 0 unspecified atom stereocenters. The van der Waals surface area contributed by atoms with Crippen LogP contribution in [0.4, 0.5) is 0 Å². The van der Waals surface area contributed by atoms with Crippen LogP contribution in [0.1, 0.15) is 51.9 Å². The second-order valence-electron chi connectivity index (χ2n) is 6.16. The van der Waals surface area contributed by atoms with Crippen molar-refractivity contribution in [1.82, 2.24) is 10.2 Å². The summed E-state index contributed by atoms with van der Waals surface area (Å²) >= 11 is 0. The van der Waals surface area contributed by atoms with Crippen molar-refractivity contribution in [1.29, 1.82) is 0 Å². The summed E-state index contributed by atoms with van der Waals surface area (Å²) in [6.45, 7) is 4.43. The molecule has 0 aromatic carbocycles. The highest BCUT2D eigenvalue weighted by Gasteiger charge is 2.39. The third-order valence-corrected chi connectivity index (χ3v) is 4.16. The minimum atomic E-state index is -0.0279. The molecule has 0 radical (unpaired) electrons. The van der Waals surface area contributed by atoms with E-state index in [-0.39, 0.29) is 11.4 Å². The van der Waals surface area contributed by atoms with E-state index in [1.54, 1.807) is 0 Å². The fourth-order valence-electron chi connectivity index (χ4n) is 3.34. The number of amides is 1. The molecule has 2 aliphatic rings. The Morgan fingerprint density at radius 1 is 1.33 bits per heavy atom. The predicted molar refractivity (Wildman–Crippen MR) is 73.3 cm³/mol. The van der Waals surface area contributed by atoms with Crippen LogP contribution in [-0.2, 0) is 4.79 Å². The number of hydrogen-bond donors (Lipinski definition) is 2. The summed E-state index contributed by atoms with van der Waals surface area (Å²) in [7, 11) is 0. The number of carbonyl (C=O) groups is 1. The number of rotatable bonds is 5. The van der Waals surface area contributed by atoms with Crippen molar-refractivity contribution >= 4 is 5.91 Å². The Balaban J connectivity index is 1.64. The van der Waals surface area contributed by atoms with Gasteiger partial charge in [-0.25, -0.2) is 0 Å². The molecule has 4 nitrogen and oxygen atoms in total. The van der Waals surface area contributed by atoms with Gasteiger partial charge in [0.05, 0.1) is 6.54 Å². The summed E-state index contributed by atoms with van der Waals surface area (Å²) < 4.78 is 0. The van der Waals surface area contributed by atoms with Gasteiger partial charge in [-0.15, -0.1) is 0 Å². The van der Waals surface area contributed by atoms with E-state index in [1.165, 1.54) is 19.3 Å². The second-order valence-corrected chi connectivity index (χ2v) is 6.16. The number of hydrogen-bond acceptors (Lipinski definition) is 3. The van der Waals surface area contributed by atoms with E-state index in [4.69, 9.17) is 5.73 Å². The number of nitrogens with zero attached hydrogens (tertiary/aromatic N) is 1. The number of likely N-dealkylation sites (tertiary alicyclic amines) is 1. The summed E-state index contributed by atoms with van der Waals surface area (Å²) in [5.74, 6) is 0.181. The predicted octanol–water partition coefficient (Wildman–Crippen LogP) is 1.25. The monoisotopic (exact) mass is 253 g/mol. The standard InChI is InChI=1S/C14H27N3O/c1-2-8-14(15)10-17(11-14)9-13(18)16-12-6-4-3-5-7-12/h12H,2-11,15H2,1H3,(H,16,18). The Morgan fingerprint density at radius 2 is 2.00 bits per heavy atom. The van der Waals surface area contributed by atoms with Gasteiger partial charge in [0, 0.05) is 24.7 Å². The van der Waals surface area contributed by atoms with Crippen LogP contribution in [0.25, 0.3) is 0 Å². The highest BCUT2D eigenvalue weighted by Crippen LogP contribution is 2.23. The topological polar surface area (TPSA) is 58.4 Å². The Hall–Kier alpha value is -0.610. The third-order valence-electron chi connectivity index (χ3n) is 4.16. The molecule has 2 fully saturated rings. The van der Waals surface area contributed by atoms with Crippen LogP contribution in [0.3, 0.4) is 0 Å². The summed E-state index contributed by atoms with van der Waals surface area (Å²) in [6.07, 6.45) is 8.34. The zero-order valence-electron chi connectivity index (χ0n) is 11.6. The van der Waals surface area contributed by atoms with Crippen molar-refractivity contribution in [3.63, 3.8) is 0 Å². The minimum absolute atomic E-state index is 0.0279. The fraction of sp³-hybridized carbons (Fsp3) is 0.929. The minimum Gasteiger partial charge on any atom is -0.352 e. The second kappa shape index (κ2) is 6.02. The van der Waals surface area contributed by atoms with Crippen LogP contribution in [0, 0.1) is 0 Å². The average Bonchev–Trinajstić information content (AvgIpc) is 2.28.